The molecule has 1 nitrogen and oxygen atoms in total. The van der Waals surface area contributed by atoms with Crippen LogP contribution in [0.15, 0.2) is 22.7 Å². The predicted molar refractivity (Wildman–Crippen MR) is 69.2 cm³/mol. The van der Waals surface area contributed by atoms with Crippen LogP contribution in [-0.2, 0) is 0 Å². The van der Waals surface area contributed by atoms with Gasteiger partial charge in [0.05, 0.1) is 9.75 Å². The molecule has 0 spiro atoms. The van der Waals surface area contributed by atoms with Crippen molar-refractivity contribution in [3.8, 4) is 0 Å². The smallest absolute Gasteiger partial charge is 0.214 e. The number of carbonyl (C=O) groups excluding carboxylic acids is 1. The van der Waals surface area contributed by atoms with E-state index in [1.54, 1.807) is 11.3 Å². The van der Waals surface area contributed by atoms with E-state index in [0.29, 0.717) is 0 Å². The summed E-state index contributed by atoms with van der Waals surface area (Å²) in [5, 5.41) is 0. The highest BCUT2D eigenvalue weighted by Gasteiger charge is 2.16. The molecule has 0 saturated heterocycles. The molecule has 0 amide bonds. The van der Waals surface area contributed by atoms with E-state index >= 15 is 0 Å². The Morgan fingerprint density at radius 1 is 1.20 bits per heavy atom. The van der Waals surface area contributed by atoms with Gasteiger partial charge in [-0.2, -0.15) is 0 Å². The summed E-state index contributed by atoms with van der Waals surface area (Å²) in [6.07, 6.45) is 0. The lowest BCUT2D eigenvalue weighted by molar-refractivity contribution is 0.104. The molecule has 0 N–H and O–H groups in total. The summed E-state index contributed by atoms with van der Waals surface area (Å²) >= 11 is 6.50. The molecule has 15 heavy (non-hydrogen) atoms. The van der Waals surface area contributed by atoms with Crippen LogP contribution in [0.4, 0.5) is 0 Å². The van der Waals surface area contributed by atoms with Crippen molar-refractivity contribution in [1.29, 1.82) is 0 Å². The van der Waals surface area contributed by atoms with Crippen LogP contribution < -0.4 is 0 Å². The highest BCUT2D eigenvalue weighted by Crippen LogP contribution is 2.30. The average molecular weight is 301 g/mol. The first kappa shape index (κ1) is 11.0. The Balaban J connectivity index is 2.40. The number of halogens is 1. The van der Waals surface area contributed by atoms with Gasteiger partial charge in [0.25, 0.3) is 0 Å². The van der Waals surface area contributed by atoms with Crippen molar-refractivity contribution in [1.82, 2.24) is 0 Å². The van der Waals surface area contributed by atoms with Gasteiger partial charge in [-0.15, -0.1) is 22.7 Å². The molecule has 0 aliphatic rings. The minimum Gasteiger partial charge on any atom is -0.287 e. The Morgan fingerprint density at radius 3 is 2.40 bits per heavy atom. The normalized spacial score (nSPS) is 10.6. The maximum absolute atomic E-state index is 12.1. The molecule has 0 unspecified atom stereocenters. The van der Waals surface area contributed by atoms with Crippen LogP contribution >= 0.6 is 38.6 Å². The minimum atomic E-state index is 0.123. The fourth-order valence-corrected chi connectivity index (χ4v) is 3.96. The second kappa shape index (κ2) is 4.20. The van der Waals surface area contributed by atoms with E-state index < -0.39 is 0 Å². The molecule has 2 aromatic rings. The van der Waals surface area contributed by atoms with Crippen LogP contribution in [-0.4, -0.2) is 5.78 Å². The third-order valence-electron chi connectivity index (χ3n) is 1.98. The van der Waals surface area contributed by atoms with E-state index in [2.05, 4.69) is 15.9 Å². The molecule has 0 aliphatic heterocycles. The Kier molecular flexibility index (Phi) is 3.09. The predicted octanol–water partition coefficient (Wildman–Crippen LogP) is 4.42. The molecule has 2 aromatic heterocycles. The number of ketones is 1. The number of thiophene rings is 2. The third-order valence-corrected chi connectivity index (χ3v) is 4.92. The van der Waals surface area contributed by atoms with Crippen LogP contribution in [0.25, 0.3) is 0 Å². The number of aryl methyl sites for hydroxylation is 2. The third kappa shape index (κ3) is 2.22. The van der Waals surface area contributed by atoms with Crippen molar-refractivity contribution in [2.45, 2.75) is 13.8 Å². The molecule has 0 radical (unpaired) electrons. The van der Waals surface area contributed by atoms with E-state index in [1.165, 1.54) is 16.2 Å². The molecule has 0 aliphatic carbocycles. The zero-order valence-electron chi connectivity index (χ0n) is 8.33. The SMILES string of the molecule is Cc1ccc(C(=O)c2sc(C)cc2Br)s1. The Morgan fingerprint density at radius 2 is 1.93 bits per heavy atom. The second-order valence-electron chi connectivity index (χ2n) is 3.27. The lowest BCUT2D eigenvalue weighted by Crippen LogP contribution is -1.95. The summed E-state index contributed by atoms with van der Waals surface area (Å²) in [6.45, 7) is 4.02. The van der Waals surface area contributed by atoms with Gasteiger partial charge in [-0.1, -0.05) is 0 Å². The first-order valence-corrected chi connectivity index (χ1v) is 6.87. The quantitative estimate of drug-likeness (QED) is 0.750. The van der Waals surface area contributed by atoms with Crippen molar-refractivity contribution in [3.63, 3.8) is 0 Å². The van der Waals surface area contributed by atoms with Crippen LogP contribution in [0, 0.1) is 13.8 Å². The van der Waals surface area contributed by atoms with Gasteiger partial charge in [0.1, 0.15) is 0 Å². The van der Waals surface area contributed by atoms with Gasteiger partial charge < -0.3 is 0 Å². The summed E-state index contributed by atoms with van der Waals surface area (Å²) in [4.78, 5) is 16.0. The number of hydrogen-bond acceptors (Lipinski definition) is 3. The molecule has 78 valence electrons. The van der Waals surface area contributed by atoms with E-state index in [9.17, 15) is 4.79 Å². The molecule has 0 atom stereocenters. The summed E-state index contributed by atoms with van der Waals surface area (Å²) in [5.41, 5.74) is 0. The topological polar surface area (TPSA) is 17.1 Å². The lowest BCUT2D eigenvalue weighted by Gasteiger charge is -1.93. The zero-order chi connectivity index (χ0) is 11.0. The molecule has 0 fully saturated rings. The highest BCUT2D eigenvalue weighted by molar-refractivity contribution is 9.10. The van der Waals surface area contributed by atoms with Crippen LogP contribution in [0.5, 0.6) is 0 Å². The van der Waals surface area contributed by atoms with Gasteiger partial charge in [0, 0.05) is 14.2 Å². The molecule has 2 rings (SSSR count). The summed E-state index contributed by atoms with van der Waals surface area (Å²) in [6, 6.07) is 5.86. The van der Waals surface area contributed by atoms with Crippen molar-refractivity contribution in [2.24, 2.45) is 0 Å². The second-order valence-corrected chi connectivity index (χ2v) is 6.67. The summed E-state index contributed by atoms with van der Waals surface area (Å²) in [7, 11) is 0. The molecule has 2 heterocycles. The Labute approximate surface area is 105 Å². The number of carbonyl (C=O) groups is 1. The van der Waals surface area contributed by atoms with Gasteiger partial charge in [-0.3, -0.25) is 4.79 Å². The van der Waals surface area contributed by atoms with E-state index in [4.69, 9.17) is 0 Å². The van der Waals surface area contributed by atoms with Crippen molar-refractivity contribution in [2.75, 3.05) is 0 Å². The fourth-order valence-electron chi connectivity index (χ4n) is 1.31. The van der Waals surface area contributed by atoms with Gasteiger partial charge in [0.15, 0.2) is 0 Å². The molecular formula is C11H9BrOS2. The molecule has 0 aromatic carbocycles. The van der Waals surface area contributed by atoms with Crippen LogP contribution in [0.1, 0.15) is 24.3 Å². The van der Waals surface area contributed by atoms with E-state index in [0.717, 1.165) is 19.1 Å². The first-order chi connectivity index (χ1) is 7.08. The molecular weight excluding hydrogens is 292 g/mol. The maximum Gasteiger partial charge on any atom is 0.214 e. The van der Waals surface area contributed by atoms with Gasteiger partial charge in [0.2, 0.25) is 5.78 Å². The largest absolute Gasteiger partial charge is 0.287 e. The van der Waals surface area contributed by atoms with Crippen molar-refractivity contribution >= 4 is 44.4 Å². The monoisotopic (exact) mass is 300 g/mol. The van der Waals surface area contributed by atoms with Gasteiger partial charge >= 0.3 is 0 Å². The zero-order valence-corrected chi connectivity index (χ0v) is 11.6. The van der Waals surface area contributed by atoms with E-state index in [1.807, 2.05) is 32.0 Å². The Bertz CT molecular complexity index is 510. The fraction of sp³-hybridized carbons (Fsp3) is 0.182. The lowest BCUT2D eigenvalue weighted by atomic mass is 10.2. The van der Waals surface area contributed by atoms with Crippen LogP contribution in [0.3, 0.4) is 0 Å². The number of hydrogen-bond donors (Lipinski definition) is 0. The van der Waals surface area contributed by atoms with Gasteiger partial charge in [-0.25, -0.2) is 0 Å². The van der Waals surface area contributed by atoms with Crippen molar-refractivity contribution < 1.29 is 4.79 Å². The van der Waals surface area contributed by atoms with Crippen LogP contribution in [0.2, 0.25) is 0 Å². The summed E-state index contributed by atoms with van der Waals surface area (Å²) < 4.78 is 0.904. The van der Waals surface area contributed by atoms with Crippen molar-refractivity contribution in [3.05, 3.63) is 42.2 Å². The standard InChI is InChI=1S/C11H9BrOS2/c1-6-3-4-9(14-6)10(13)11-8(12)5-7(2)15-11/h3-5H,1-2H3. The number of rotatable bonds is 2. The molecule has 0 saturated carbocycles. The molecule has 4 heteroatoms. The van der Waals surface area contributed by atoms with Gasteiger partial charge in [-0.05, 0) is 48.0 Å². The minimum absolute atomic E-state index is 0.123. The maximum atomic E-state index is 12.1. The Hall–Kier alpha value is -0.450. The summed E-state index contributed by atoms with van der Waals surface area (Å²) in [5.74, 6) is 0.123. The molecule has 0 bridgehead atoms. The average Bonchev–Trinajstić information content (AvgIpc) is 2.71. The highest BCUT2D eigenvalue weighted by atomic mass is 79.9. The van der Waals surface area contributed by atoms with E-state index in [-0.39, 0.29) is 5.78 Å². The first-order valence-electron chi connectivity index (χ1n) is 4.45.